The van der Waals surface area contributed by atoms with Crippen molar-refractivity contribution in [3.05, 3.63) is 50.7 Å². The fourth-order valence-corrected chi connectivity index (χ4v) is 3.05. The number of nitrogens with two attached hydrogens (primary N) is 1. The molecule has 2 aromatic rings. The number of aliphatic hydroxyl groups is 1. The first kappa shape index (κ1) is 15.8. The zero-order valence-electron chi connectivity index (χ0n) is 11.9. The van der Waals surface area contributed by atoms with Gasteiger partial charge in [0.15, 0.2) is 5.96 Å². The maximum atomic E-state index is 10.00. The van der Waals surface area contributed by atoms with E-state index in [1.165, 1.54) is 11.3 Å². The monoisotopic (exact) mass is 323 g/mol. The molecule has 0 fully saturated rings. The van der Waals surface area contributed by atoms with Crippen LogP contribution in [0, 0.1) is 13.8 Å². The van der Waals surface area contributed by atoms with E-state index in [1.54, 1.807) is 12.1 Å². The van der Waals surface area contributed by atoms with E-state index in [9.17, 15) is 5.11 Å². The van der Waals surface area contributed by atoms with Gasteiger partial charge in [-0.3, -0.25) is 4.99 Å². The Morgan fingerprint density at radius 3 is 2.57 bits per heavy atom. The molecule has 1 atom stereocenters. The van der Waals surface area contributed by atoms with Gasteiger partial charge in [-0.2, -0.15) is 0 Å². The lowest BCUT2D eigenvalue weighted by molar-refractivity contribution is 0.191. The molecule has 0 amide bonds. The summed E-state index contributed by atoms with van der Waals surface area (Å²) < 4.78 is 0.648. The second-order valence-corrected chi connectivity index (χ2v) is 6.63. The molecule has 1 aromatic carbocycles. The zero-order valence-corrected chi connectivity index (χ0v) is 13.5. The van der Waals surface area contributed by atoms with E-state index in [0.717, 1.165) is 21.7 Å². The summed E-state index contributed by atoms with van der Waals surface area (Å²) in [6.45, 7) is 4.24. The molecule has 4 N–H and O–H groups in total. The number of thiophene rings is 1. The van der Waals surface area contributed by atoms with Crippen LogP contribution < -0.4 is 11.1 Å². The number of nitrogens with zero attached hydrogens (tertiary/aromatic N) is 1. The van der Waals surface area contributed by atoms with Crippen molar-refractivity contribution in [2.45, 2.75) is 20.0 Å². The van der Waals surface area contributed by atoms with Crippen LogP contribution in [0.5, 0.6) is 0 Å². The van der Waals surface area contributed by atoms with Crippen LogP contribution in [0.3, 0.4) is 0 Å². The van der Waals surface area contributed by atoms with Gasteiger partial charge < -0.3 is 16.2 Å². The van der Waals surface area contributed by atoms with Crippen molar-refractivity contribution >= 4 is 34.6 Å². The average molecular weight is 324 g/mol. The number of anilines is 1. The molecular weight excluding hydrogens is 306 g/mol. The SMILES string of the molecule is Cc1cc(C)cc(NC(N)=NCC(O)c2ccc(Cl)s2)c1. The molecule has 1 heterocycles. The van der Waals surface area contributed by atoms with Gasteiger partial charge in [0.1, 0.15) is 6.10 Å². The Bertz CT molecular complexity index is 634. The summed E-state index contributed by atoms with van der Waals surface area (Å²) in [6.07, 6.45) is -0.693. The van der Waals surface area contributed by atoms with E-state index in [2.05, 4.69) is 16.4 Å². The van der Waals surface area contributed by atoms with Crippen LogP contribution in [0.2, 0.25) is 4.34 Å². The number of halogens is 1. The minimum absolute atomic E-state index is 0.195. The third kappa shape index (κ3) is 4.74. The molecular formula is C15H18ClN3OS. The van der Waals surface area contributed by atoms with Crippen LogP contribution in [-0.2, 0) is 0 Å². The quantitative estimate of drug-likeness (QED) is 0.596. The molecule has 2 rings (SSSR count). The maximum Gasteiger partial charge on any atom is 0.193 e. The minimum atomic E-state index is -0.693. The van der Waals surface area contributed by atoms with Gasteiger partial charge in [0, 0.05) is 10.6 Å². The zero-order chi connectivity index (χ0) is 15.4. The van der Waals surface area contributed by atoms with Crippen LogP contribution >= 0.6 is 22.9 Å². The number of nitrogens with one attached hydrogen (secondary N) is 1. The van der Waals surface area contributed by atoms with Gasteiger partial charge in [-0.25, -0.2) is 0 Å². The predicted octanol–water partition coefficient (Wildman–Crippen LogP) is 3.48. The van der Waals surface area contributed by atoms with Crippen molar-refractivity contribution in [1.29, 1.82) is 0 Å². The van der Waals surface area contributed by atoms with Crippen molar-refractivity contribution in [3.8, 4) is 0 Å². The Kier molecular flexibility index (Phi) is 5.22. The molecule has 1 aromatic heterocycles. The Balaban J connectivity index is 1.97. The topological polar surface area (TPSA) is 70.6 Å². The molecule has 4 nitrogen and oxygen atoms in total. The number of aliphatic hydroxyl groups excluding tert-OH is 1. The second-order valence-electron chi connectivity index (χ2n) is 4.88. The summed E-state index contributed by atoms with van der Waals surface area (Å²) in [5, 5.41) is 13.0. The van der Waals surface area contributed by atoms with Crippen molar-refractivity contribution in [3.63, 3.8) is 0 Å². The summed E-state index contributed by atoms with van der Waals surface area (Å²) >= 11 is 7.18. The van der Waals surface area contributed by atoms with E-state index in [0.29, 0.717) is 4.34 Å². The molecule has 21 heavy (non-hydrogen) atoms. The second kappa shape index (κ2) is 6.93. The molecule has 112 valence electrons. The summed E-state index contributed by atoms with van der Waals surface area (Å²) in [6, 6.07) is 9.62. The van der Waals surface area contributed by atoms with Gasteiger partial charge >= 0.3 is 0 Å². The number of rotatable bonds is 4. The average Bonchev–Trinajstić information content (AvgIpc) is 2.81. The van der Waals surface area contributed by atoms with Crippen LogP contribution in [0.15, 0.2) is 35.3 Å². The normalized spacial score (nSPS) is 13.2. The van der Waals surface area contributed by atoms with Crippen LogP contribution in [0.25, 0.3) is 0 Å². The Labute approximate surface area is 133 Å². The molecule has 6 heteroatoms. The van der Waals surface area contributed by atoms with Gasteiger partial charge in [-0.05, 0) is 49.2 Å². The Morgan fingerprint density at radius 1 is 1.33 bits per heavy atom. The molecule has 0 bridgehead atoms. The third-order valence-electron chi connectivity index (χ3n) is 2.85. The molecule has 0 aliphatic carbocycles. The molecule has 0 aliphatic rings. The van der Waals surface area contributed by atoms with Gasteiger partial charge in [0.25, 0.3) is 0 Å². The van der Waals surface area contributed by atoms with Crippen LogP contribution in [0.4, 0.5) is 5.69 Å². The first-order valence-corrected chi connectivity index (χ1v) is 7.72. The molecule has 0 spiro atoms. The number of aliphatic imine (C=N–C) groups is 1. The summed E-state index contributed by atoms with van der Waals surface area (Å²) in [4.78, 5) is 4.94. The van der Waals surface area contributed by atoms with Gasteiger partial charge in [-0.1, -0.05) is 17.7 Å². The highest BCUT2D eigenvalue weighted by Gasteiger charge is 2.09. The Hall–Kier alpha value is -1.56. The molecule has 0 saturated heterocycles. The van der Waals surface area contributed by atoms with E-state index < -0.39 is 6.10 Å². The van der Waals surface area contributed by atoms with E-state index in [4.69, 9.17) is 17.3 Å². The highest BCUT2D eigenvalue weighted by atomic mass is 35.5. The van der Waals surface area contributed by atoms with E-state index in [-0.39, 0.29) is 12.5 Å². The van der Waals surface area contributed by atoms with Crippen molar-refractivity contribution in [2.75, 3.05) is 11.9 Å². The van der Waals surface area contributed by atoms with Crippen molar-refractivity contribution in [1.82, 2.24) is 0 Å². The summed E-state index contributed by atoms with van der Waals surface area (Å²) in [5.41, 5.74) is 9.04. The van der Waals surface area contributed by atoms with Crippen LogP contribution in [0.1, 0.15) is 22.1 Å². The van der Waals surface area contributed by atoms with Crippen LogP contribution in [-0.4, -0.2) is 17.6 Å². The first-order chi connectivity index (χ1) is 9.94. The van der Waals surface area contributed by atoms with Crippen molar-refractivity contribution in [2.24, 2.45) is 10.7 Å². The third-order valence-corrected chi connectivity index (χ3v) is 4.18. The fraction of sp³-hybridized carbons (Fsp3) is 0.267. The Morgan fingerprint density at radius 2 is 2.00 bits per heavy atom. The number of guanidine groups is 1. The maximum absolute atomic E-state index is 10.00. The number of benzene rings is 1. The number of hydrogen-bond donors (Lipinski definition) is 3. The number of aryl methyl sites for hydroxylation is 2. The molecule has 1 unspecified atom stereocenters. The van der Waals surface area contributed by atoms with Gasteiger partial charge in [-0.15, -0.1) is 11.3 Å². The number of hydrogen-bond acceptors (Lipinski definition) is 3. The lowest BCUT2D eigenvalue weighted by Crippen LogP contribution is -2.23. The van der Waals surface area contributed by atoms with Gasteiger partial charge in [0.05, 0.1) is 10.9 Å². The lowest BCUT2D eigenvalue weighted by atomic mass is 10.1. The molecule has 0 aliphatic heterocycles. The highest BCUT2D eigenvalue weighted by molar-refractivity contribution is 7.16. The van der Waals surface area contributed by atoms with Gasteiger partial charge in [0.2, 0.25) is 0 Å². The minimum Gasteiger partial charge on any atom is -0.386 e. The smallest absolute Gasteiger partial charge is 0.193 e. The highest BCUT2D eigenvalue weighted by Crippen LogP contribution is 2.26. The summed E-state index contributed by atoms with van der Waals surface area (Å²) in [7, 11) is 0. The fourth-order valence-electron chi connectivity index (χ4n) is 2.02. The van der Waals surface area contributed by atoms with Crippen molar-refractivity contribution < 1.29 is 5.11 Å². The van der Waals surface area contributed by atoms with E-state index >= 15 is 0 Å². The first-order valence-electron chi connectivity index (χ1n) is 6.52. The summed E-state index contributed by atoms with van der Waals surface area (Å²) in [5.74, 6) is 0.279. The predicted molar refractivity (Wildman–Crippen MR) is 90.3 cm³/mol. The standard InChI is InChI=1S/C15H18ClN3OS/c1-9-5-10(2)7-11(6-9)19-15(17)18-8-12(20)13-3-4-14(16)21-13/h3-7,12,20H,8H2,1-2H3,(H3,17,18,19). The molecule has 0 saturated carbocycles. The largest absolute Gasteiger partial charge is 0.386 e. The van der Waals surface area contributed by atoms with E-state index in [1.807, 2.05) is 26.0 Å². The lowest BCUT2D eigenvalue weighted by Gasteiger charge is -2.09. The molecule has 0 radical (unpaired) electrons.